The van der Waals surface area contributed by atoms with Crippen molar-refractivity contribution in [3.8, 4) is 5.88 Å². The van der Waals surface area contributed by atoms with E-state index in [1.165, 1.54) is 0 Å². The molecule has 2 aromatic heterocycles. The molecule has 10 nitrogen and oxygen atoms in total. The minimum absolute atomic E-state index is 0.0126. The van der Waals surface area contributed by atoms with Crippen molar-refractivity contribution in [2.75, 3.05) is 46.0 Å². The molecule has 0 radical (unpaired) electrons. The quantitative estimate of drug-likeness (QED) is 0.621. The minimum Gasteiger partial charge on any atom is -0.477 e. The molecule has 2 aromatic rings. The lowest BCUT2D eigenvalue weighted by atomic mass is 9.89. The lowest BCUT2D eigenvalue weighted by Crippen LogP contribution is -2.40. The molecule has 1 saturated carbocycles. The number of H-pyrrole nitrogens is 1. The number of hydrogen-bond acceptors (Lipinski definition) is 7. The summed E-state index contributed by atoms with van der Waals surface area (Å²) in [5, 5.41) is 11.0. The number of aryl methyl sites for hydroxylation is 1. The zero-order valence-electron chi connectivity index (χ0n) is 21.8. The van der Waals surface area contributed by atoms with Crippen LogP contribution in [0, 0.1) is 23.7 Å². The highest BCUT2D eigenvalue weighted by atomic mass is 16.5. The Hall–Kier alpha value is -3.01. The minimum atomic E-state index is -0.0126. The lowest BCUT2D eigenvalue weighted by molar-refractivity contribution is -0.135. The molecule has 10 heteroatoms. The molecule has 3 aliphatic heterocycles. The summed E-state index contributed by atoms with van der Waals surface area (Å²) >= 11 is 0. The first kappa shape index (κ1) is 24.1. The molecule has 5 heterocycles. The molecule has 1 N–H and O–H groups in total. The highest BCUT2D eigenvalue weighted by Gasteiger charge is 2.44. The van der Waals surface area contributed by atoms with Crippen LogP contribution in [0.5, 0.6) is 5.88 Å². The van der Waals surface area contributed by atoms with Gasteiger partial charge in [0.25, 0.3) is 5.91 Å². The Morgan fingerprint density at radius 3 is 2.53 bits per heavy atom. The van der Waals surface area contributed by atoms with Crippen molar-refractivity contribution in [3.05, 3.63) is 34.8 Å². The highest BCUT2D eigenvalue weighted by Crippen LogP contribution is 2.40. The summed E-state index contributed by atoms with van der Waals surface area (Å²) in [6.45, 7) is 5.06. The third-order valence-electron chi connectivity index (χ3n) is 9.19. The van der Waals surface area contributed by atoms with Gasteiger partial charge in [-0.05, 0) is 50.5 Å². The first-order chi connectivity index (χ1) is 18.6. The molecule has 0 aromatic carbocycles. The standard InChI is InChI=1S/C28H36N6O4/c35-27(19-3-4-23-25(9-19)31-32-30-23)33-12-21-14-34(15-22(21)13-33)28(36)20-10-24(18-1-2-18)29-26(11-20)38-16-17-5-7-37-8-6-17/h10-11,17-19,21-22H,1-9,12-16H2,(H,30,31,32)/t19-,21+,22?/m1/s1. The Kier molecular flexibility index (Phi) is 6.30. The molecule has 202 valence electrons. The Morgan fingerprint density at radius 2 is 1.76 bits per heavy atom. The molecule has 0 spiro atoms. The molecule has 4 fully saturated rings. The van der Waals surface area contributed by atoms with Gasteiger partial charge in [0.05, 0.1) is 18.0 Å². The van der Waals surface area contributed by atoms with Gasteiger partial charge in [0, 0.05) is 86.8 Å². The highest BCUT2D eigenvalue weighted by molar-refractivity contribution is 5.95. The van der Waals surface area contributed by atoms with Gasteiger partial charge in [-0.15, -0.1) is 5.10 Å². The molecule has 5 aliphatic rings. The van der Waals surface area contributed by atoms with Crippen molar-refractivity contribution >= 4 is 11.8 Å². The number of amides is 2. The number of hydrogen-bond donors (Lipinski definition) is 1. The number of fused-ring (bicyclic) bond motifs is 2. The van der Waals surface area contributed by atoms with Crippen molar-refractivity contribution in [3.63, 3.8) is 0 Å². The molecule has 0 bridgehead atoms. The van der Waals surface area contributed by atoms with Crippen molar-refractivity contribution in [2.24, 2.45) is 23.7 Å². The number of likely N-dealkylation sites (tertiary alicyclic amines) is 2. The third-order valence-corrected chi connectivity index (χ3v) is 9.19. The average Bonchev–Trinajstić information content (AvgIpc) is 3.37. The van der Waals surface area contributed by atoms with E-state index in [2.05, 4.69) is 15.4 Å². The van der Waals surface area contributed by atoms with Gasteiger partial charge in [-0.3, -0.25) is 14.7 Å². The number of aromatic nitrogens is 4. The first-order valence-electron chi connectivity index (χ1n) is 14.3. The predicted molar refractivity (Wildman–Crippen MR) is 137 cm³/mol. The predicted octanol–water partition coefficient (Wildman–Crippen LogP) is 2.22. The topological polar surface area (TPSA) is 114 Å². The molecule has 2 amide bonds. The number of aromatic amines is 1. The van der Waals surface area contributed by atoms with Crippen molar-refractivity contribution in [2.45, 2.75) is 50.9 Å². The van der Waals surface area contributed by atoms with Gasteiger partial charge in [-0.25, -0.2) is 4.98 Å². The van der Waals surface area contributed by atoms with Gasteiger partial charge in [-0.1, -0.05) is 5.21 Å². The maximum atomic E-state index is 13.6. The fourth-order valence-corrected chi connectivity index (χ4v) is 6.71. The summed E-state index contributed by atoms with van der Waals surface area (Å²) in [5.41, 5.74) is 3.67. The van der Waals surface area contributed by atoms with Gasteiger partial charge in [0.2, 0.25) is 11.8 Å². The van der Waals surface area contributed by atoms with Crippen LogP contribution in [0.15, 0.2) is 12.1 Å². The van der Waals surface area contributed by atoms with Crippen LogP contribution >= 0.6 is 0 Å². The summed E-state index contributed by atoms with van der Waals surface area (Å²) in [6.07, 6.45) is 6.61. The van der Waals surface area contributed by atoms with E-state index < -0.39 is 0 Å². The second-order valence-electron chi connectivity index (χ2n) is 11.9. The Labute approximate surface area is 222 Å². The maximum Gasteiger partial charge on any atom is 0.254 e. The molecule has 3 saturated heterocycles. The summed E-state index contributed by atoms with van der Waals surface area (Å²) in [5.74, 6) is 2.45. The van der Waals surface area contributed by atoms with Crippen LogP contribution in [0.1, 0.15) is 65.5 Å². The van der Waals surface area contributed by atoms with E-state index in [4.69, 9.17) is 14.5 Å². The zero-order valence-corrected chi connectivity index (χ0v) is 21.8. The van der Waals surface area contributed by atoms with Gasteiger partial charge < -0.3 is 19.3 Å². The van der Waals surface area contributed by atoms with E-state index in [1.807, 2.05) is 21.9 Å². The van der Waals surface area contributed by atoms with Gasteiger partial charge >= 0.3 is 0 Å². The number of pyridine rings is 1. The van der Waals surface area contributed by atoms with E-state index in [0.717, 1.165) is 81.9 Å². The monoisotopic (exact) mass is 520 g/mol. The fraction of sp³-hybridized carbons (Fsp3) is 0.679. The van der Waals surface area contributed by atoms with Gasteiger partial charge in [0.1, 0.15) is 0 Å². The van der Waals surface area contributed by atoms with Crippen LogP contribution in [-0.4, -0.2) is 88.0 Å². The Balaban J connectivity index is 0.980. The molecular weight excluding hydrogens is 484 g/mol. The van der Waals surface area contributed by atoms with E-state index >= 15 is 0 Å². The second kappa shape index (κ2) is 9.94. The number of rotatable bonds is 6. The van der Waals surface area contributed by atoms with E-state index in [9.17, 15) is 9.59 Å². The molecule has 2 aliphatic carbocycles. The van der Waals surface area contributed by atoms with E-state index in [1.54, 1.807) is 0 Å². The van der Waals surface area contributed by atoms with Crippen molar-refractivity contribution in [1.29, 1.82) is 0 Å². The van der Waals surface area contributed by atoms with Crippen molar-refractivity contribution in [1.82, 2.24) is 30.2 Å². The smallest absolute Gasteiger partial charge is 0.254 e. The summed E-state index contributed by atoms with van der Waals surface area (Å²) < 4.78 is 11.6. The normalized spacial score (nSPS) is 27.3. The van der Waals surface area contributed by atoms with Crippen LogP contribution in [0.25, 0.3) is 0 Å². The number of nitrogens with one attached hydrogen (secondary N) is 1. The summed E-state index contributed by atoms with van der Waals surface area (Å²) in [4.78, 5) is 35.7. The van der Waals surface area contributed by atoms with Crippen LogP contribution in [-0.2, 0) is 22.4 Å². The third kappa shape index (κ3) is 4.79. The number of carbonyl (C=O) groups is 2. The number of nitrogens with zero attached hydrogens (tertiary/aromatic N) is 5. The first-order valence-corrected chi connectivity index (χ1v) is 14.3. The van der Waals surface area contributed by atoms with Gasteiger partial charge in [-0.2, -0.15) is 0 Å². The largest absolute Gasteiger partial charge is 0.477 e. The SMILES string of the molecule is O=C(c1cc(OCC2CCOCC2)nc(C2CC2)c1)N1CC2CN(C(=O)[C@@H]3CCc4[nH]nnc4C3)C[C@H]2C1. The summed E-state index contributed by atoms with van der Waals surface area (Å²) in [6, 6.07) is 3.81. The molecule has 7 rings (SSSR count). The lowest BCUT2D eigenvalue weighted by Gasteiger charge is -2.27. The van der Waals surface area contributed by atoms with E-state index in [-0.39, 0.29) is 17.7 Å². The van der Waals surface area contributed by atoms with Crippen LogP contribution < -0.4 is 4.74 Å². The number of carbonyl (C=O) groups excluding carboxylic acids is 2. The zero-order chi connectivity index (χ0) is 25.6. The van der Waals surface area contributed by atoms with Crippen LogP contribution in [0.4, 0.5) is 0 Å². The average molecular weight is 521 g/mol. The van der Waals surface area contributed by atoms with Crippen LogP contribution in [0.2, 0.25) is 0 Å². The molecule has 1 unspecified atom stereocenters. The second-order valence-corrected chi connectivity index (χ2v) is 11.9. The summed E-state index contributed by atoms with van der Waals surface area (Å²) in [7, 11) is 0. The van der Waals surface area contributed by atoms with Gasteiger partial charge in [0.15, 0.2) is 0 Å². The Bertz CT molecular complexity index is 1190. The molecule has 3 atom stereocenters. The molecular formula is C28H36N6O4. The number of ether oxygens (including phenoxy) is 2. The Morgan fingerprint density at radius 1 is 1.00 bits per heavy atom. The molecule has 38 heavy (non-hydrogen) atoms. The maximum absolute atomic E-state index is 13.6. The van der Waals surface area contributed by atoms with E-state index in [0.29, 0.717) is 61.2 Å². The fourth-order valence-electron chi connectivity index (χ4n) is 6.71. The van der Waals surface area contributed by atoms with Crippen molar-refractivity contribution < 1.29 is 19.1 Å². The van der Waals surface area contributed by atoms with Crippen LogP contribution in [0.3, 0.4) is 0 Å².